The SMILES string of the molecule is CCNC(=O)CN1CCc2cccc(N)c21. The van der Waals surface area contributed by atoms with Gasteiger partial charge < -0.3 is 16.0 Å². The molecule has 1 aliphatic heterocycles. The third-order valence-corrected chi connectivity index (χ3v) is 2.83. The van der Waals surface area contributed by atoms with Crippen molar-refractivity contribution in [1.29, 1.82) is 0 Å². The molecule has 0 saturated heterocycles. The number of fused-ring (bicyclic) bond motifs is 1. The quantitative estimate of drug-likeness (QED) is 0.738. The molecular weight excluding hydrogens is 202 g/mol. The van der Waals surface area contributed by atoms with Crippen molar-refractivity contribution in [2.75, 3.05) is 30.3 Å². The second-order valence-electron chi connectivity index (χ2n) is 3.98. The van der Waals surface area contributed by atoms with Crippen LogP contribution >= 0.6 is 0 Å². The first-order valence-corrected chi connectivity index (χ1v) is 5.61. The van der Waals surface area contributed by atoms with E-state index in [9.17, 15) is 4.79 Å². The number of nitrogens with two attached hydrogens (primary N) is 1. The summed E-state index contributed by atoms with van der Waals surface area (Å²) < 4.78 is 0. The number of amides is 1. The normalized spacial score (nSPS) is 13.7. The highest BCUT2D eigenvalue weighted by molar-refractivity contribution is 5.85. The van der Waals surface area contributed by atoms with E-state index in [1.54, 1.807) is 0 Å². The molecule has 0 atom stereocenters. The van der Waals surface area contributed by atoms with Crippen LogP contribution in [0.3, 0.4) is 0 Å². The lowest BCUT2D eigenvalue weighted by molar-refractivity contribution is -0.119. The van der Waals surface area contributed by atoms with Crippen molar-refractivity contribution in [1.82, 2.24) is 5.32 Å². The molecule has 1 aromatic carbocycles. The van der Waals surface area contributed by atoms with Crippen LogP contribution in [0.1, 0.15) is 12.5 Å². The van der Waals surface area contributed by atoms with E-state index in [4.69, 9.17) is 5.73 Å². The summed E-state index contributed by atoms with van der Waals surface area (Å²) in [6, 6.07) is 5.92. The van der Waals surface area contributed by atoms with E-state index in [2.05, 4.69) is 16.3 Å². The van der Waals surface area contributed by atoms with Gasteiger partial charge >= 0.3 is 0 Å². The largest absolute Gasteiger partial charge is 0.397 e. The van der Waals surface area contributed by atoms with E-state index >= 15 is 0 Å². The standard InChI is InChI=1S/C12H17N3O/c1-2-14-11(16)8-15-7-6-9-4-3-5-10(13)12(9)15/h3-5H,2,6-8,13H2,1H3,(H,14,16). The van der Waals surface area contributed by atoms with Crippen molar-refractivity contribution in [3.8, 4) is 0 Å². The predicted octanol–water partition coefficient (Wildman–Crippen LogP) is 0.767. The lowest BCUT2D eigenvalue weighted by atomic mass is 10.1. The number of hydrogen-bond donors (Lipinski definition) is 2. The maximum atomic E-state index is 11.5. The van der Waals surface area contributed by atoms with Gasteiger partial charge in [0, 0.05) is 13.1 Å². The second kappa shape index (κ2) is 4.43. The van der Waals surface area contributed by atoms with E-state index in [1.807, 2.05) is 19.1 Å². The zero-order valence-corrected chi connectivity index (χ0v) is 9.49. The highest BCUT2D eigenvalue weighted by atomic mass is 16.2. The number of anilines is 2. The van der Waals surface area contributed by atoms with Crippen molar-refractivity contribution in [3.63, 3.8) is 0 Å². The zero-order valence-electron chi connectivity index (χ0n) is 9.49. The number of likely N-dealkylation sites (N-methyl/N-ethyl adjacent to an activating group) is 1. The van der Waals surface area contributed by atoms with Gasteiger partial charge in [-0.2, -0.15) is 0 Å². The number of hydrogen-bond acceptors (Lipinski definition) is 3. The molecule has 0 spiro atoms. The van der Waals surface area contributed by atoms with Crippen LogP contribution in [-0.4, -0.2) is 25.5 Å². The van der Waals surface area contributed by atoms with Crippen molar-refractivity contribution in [3.05, 3.63) is 23.8 Å². The number of carbonyl (C=O) groups excluding carboxylic acids is 1. The number of carbonyl (C=O) groups is 1. The Labute approximate surface area is 95.4 Å². The predicted molar refractivity (Wildman–Crippen MR) is 65.5 cm³/mol. The smallest absolute Gasteiger partial charge is 0.239 e. The van der Waals surface area contributed by atoms with Crippen LogP contribution in [0.4, 0.5) is 11.4 Å². The van der Waals surface area contributed by atoms with Gasteiger partial charge in [0.1, 0.15) is 0 Å². The monoisotopic (exact) mass is 219 g/mol. The number of nitrogens with zero attached hydrogens (tertiary/aromatic N) is 1. The van der Waals surface area contributed by atoms with Gasteiger partial charge in [-0.15, -0.1) is 0 Å². The molecule has 0 aliphatic carbocycles. The van der Waals surface area contributed by atoms with Crippen LogP contribution in [0.15, 0.2) is 18.2 Å². The van der Waals surface area contributed by atoms with Gasteiger partial charge in [-0.3, -0.25) is 4.79 Å². The Morgan fingerprint density at radius 1 is 1.56 bits per heavy atom. The molecular formula is C12H17N3O. The summed E-state index contributed by atoms with van der Waals surface area (Å²) in [6.45, 7) is 3.86. The van der Waals surface area contributed by atoms with Crippen LogP contribution in [0, 0.1) is 0 Å². The fourth-order valence-electron chi connectivity index (χ4n) is 2.15. The van der Waals surface area contributed by atoms with E-state index < -0.39 is 0 Å². The van der Waals surface area contributed by atoms with Gasteiger partial charge in [0.25, 0.3) is 0 Å². The third-order valence-electron chi connectivity index (χ3n) is 2.83. The molecule has 2 rings (SSSR count). The van der Waals surface area contributed by atoms with Crippen molar-refractivity contribution in [2.45, 2.75) is 13.3 Å². The molecule has 0 saturated carbocycles. The van der Waals surface area contributed by atoms with Gasteiger partial charge in [-0.05, 0) is 25.0 Å². The van der Waals surface area contributed by atoms with Crippen LogP contribution in [-0.2, 0) is 11.2 Å². The van der Waals surface area contributed by atoms with E-state index in [0.717, 1.165) is 24.3 Å². The molecule has 0 radical (unpaired) electrons. The molecule has 1 aromatic rings. The van der Waals surface area contributed by atoms with E-state index in [1.165, 1.54) is 5.56 Å². The molecule has 3 N–H and O–H groups in total. The average Bonchev–Trinajstić information content (AvgIpc) is 2.63. The first kappa shape index (κ1) is 10.8. The molecule has 1 amide bonds. The summed E-state index contributed by atoms with van der Waals surface area (Å²) >= 11 is 0. The summed E-state index contributed by atoms with van der Waals surface area (Å²) in [5.41, 5.74) is 8.98. The minimum absolute atomic E-state index is 0.0543. The second-order valence-corrected chi connectivity index (χ2v) is 3.98. The van der Waals surface area contributed by atoms with Crippen LogP contribution in [0.5, 0.6) is 0 Å². The van der Waals surface area contributed by atoms with E-state index in [-0.39, 0.29) is 5.91 Å². The molecule has 1 heterocycles. The minimum atomic E-state index is 0.0543. The van der Waals surface area contributed by atoms with Crippen LogP contribution < -0.4 is 16.0 Å². The Morgan fingerprint density at radius 2 is 2.38 bits per heavy atom. The van der Waals surface area contributed by atoms with Gasteiger partial charge in [-0.1, -0.05) is 12.1 Å². The van der Waals surface area contributed by atoms with Crippen molar-refractivity contribution >= 4 is 17.3 Å². The number of nitrogens with one attached hydrogen (secondary N) is 1. The Bertz CT molecular complexity index is 403. The Hall–Kier alpha value is -1.71. The molecule has 4 heteroatoms. The highest BCUT2D eigenvalue weighted by Gasteiger charge is 2.22. The molecule has 4 nitrogen and oxygen atoms in total. The van der Waals surface area contributed by atoms with Crippen molar-refractivity contribution < 1.29 is 4.79 Å². The van der Waals surface area contributed by atoms with Gasteiger partial charge in [-0.25, -0.2) is 0 Å². The number of benzene rings is 1. The molecule has 0 fully saturated rings. The number of nitrogen functional groups attached to an aromatic ring is 1. The first-order valence-electron chi connectivity index (χ1n) is 5.61. The van der Waals surface area contributed by atoms with Gasteiger partial charge in [0.05, 0.1) is 17.9 Å². The summed E-state index contributed by atoms with van der Waals surface area (Å²) in [5, 5.41) is 2.80. The Morgan fingerprint density at radius 3 is 3.12 bits per heavy atom. The zero-order chi connectivity index (χ0) is 11.5. The fourth-order valence-corrected chi connectivity index (χ4v) is 2.15. The Kier molecular flexibility index (Phi) is 2.99. The molecule has 0 unspecified atom stereocenters. The molecule has 0 aromatic heterocycles. The summed E-state index contributed by atoms with van der Waals surface area (Å²) in [4.78, 5) is 13.6. The maximum absolute atomic E-state index is 11.5. The minimum Gasteiger partial charge on any atom is -0.397 e. The average molecular weight is 219 g/mol. The lowest BCUT2D eigenvalue weighted by Gasteiger charge is -2.20. The van der Waals surface area contributed by atoms with E-state index in [0.29, 0.717) is 13.1 Å². The molecule has 1 aliphatic rings. The topological polar surface area (TPSA) is 58.4 Å². The molecule has 86 valence electrons. The van der Waals surface area contributed by atoms with Crippen LogP contribution in [0.25, 0.3) is 0 Å². The molecule has 0 bridgehead atoms. The summed E-state index contributed by atoms with van der Waals surface area (Å²) in [7, 11) is 0. The maximum Gasteiger partial charge on any atom is 0.239 e. The first-order chi connectivity index (χ1) is 7.72. The van der Waals surface area contributed by atoms with Gasteiger partial charge in [0.15, 0.2) is 0 Å². The summed E-state index contributed by atoms with van der Waals surface area (Å²) in [5.74, 6) is 0.0543. The Balaban J connectivity index is 2.14. The number of para-hydroxylation sites is 1. The van der Waals surface area contributed by atoms with Crippen molar-refractivity contribution in [2.24, 2.45) is 0 Å². The summed E-state index contributed by atoms with van der Waals surface area (Å²) in [6.07, 6.45) is 0.972. The highest BCUT2D eigenvalue weighted by Crippen LogP contribution is 2.33. The van der Waals surface area contributed by atoms with Gasteiger partial charge in [0.2, 0.25) is 5.91 Å². The fraction of sp³-hybridized carbons (Fsp3) is 0.417. The number of rotatable bonds is 3. The third kappa shape index (κ3) is 1.96. The lowest BCUT2D eigenvalue weighted by Crippen LogP contribution is -2.36. The van der Waals surface area contributed by atoms with Crippen LogP contribution in [0.2, 0.25) is 0 Å². The molecule has 16 heavy (non-hydrogen) atoms.